The zero-order chi connectivity index (χ0) is 12.3. The number of nitrogens with one attached hydrogen (secondary N) is 1. The highest BCUT2D eigenvalue weighted by Gasteiger charge is 2.42. The molecule has 17 heavy (non-hydrogen) atoms. The van der Waals surface area contributed by atoms with E-state index < -0.39 is 0 Å². The normalized spacial score (nSPS) is 27.7. The molecule has 0 radical (unpaired) electrons. The number of hydrogen-bond acceptors (Lipinski definition) is 2. The molecule has 1 aliphatic carbocycles. The van der Waals surface area contributed by atoms with E-state index in [-0.39, 0.29) is 5.54 Å². The standard InChI is InChI=1S/C14H17BrN2/c1-2-11-4-3-9-14(11,10-16)17-13-7-5-12(15)6-8-13/h5-8,11,17H,2-4,9H2,1H3. The van der Waals surface area contributed by atoms with Crippen molar-refractivity contribution in [2.45, 2.75) is 38.1 Å². The number of nitriles is 1. The maximum Gasteiger partial charge on any atom is 0.128 e. The van der Waals surface area contributed by atoms with Gasteiger partial charge in [-0.1, -0.05) is 29.3 Å². The monoisotopic (exact) mass is 292 g/mol. The van der Waals surface area contributed by atoms with E-state index in [0.717, 1.165) is 35.8 Å². The second kappa shape index (κ2) is 5.10. The topological polar surface area (TPSA) is 35.8 Å². The van der Waals surface area contributed by atoms with Gasteiger partial charge in [-0.2, -0.15) is 5.26 Å². The molecule has 1 N–H and O–H groups in total. The zero-order valence-electron chi connectivity index (χ0n) is 10.0. The Balaban J connectivity index is 2.20. The first-order valence-electron chi connectivity index (χ1n) is 6.15. The second-order valence-electron chi connectivity index (χ2n) is 4.71. The van der Waals surface area contributed by atoms with E-state index in [1.54, 1.807) is 0 Å². The summed E-state index contributed by atoms with van der Waals surface area (Å²) in [6, 6.07) is 10.6. The van der Waals surface area contributed by atoms with Gasteiger partial charge in [-0.05, 0) is 49.4 Å². The van der Waals surface area contributed by atoms with Crippen LogP contribution in [-0.2, 0) is 0 Å². The lowest BCUT2D eigenvalue weighted by molar-refractivity contribution is 0.414. The number of halogens is 1. The third kappa shape index (κ3) is 2.47. The van der Waals surface area contributed by atoms with Gasteiger partial charge in [0.1, 0.15) is 5.54 Å². The van der Waals surface area contributed by atoms with Gasteiger partial charge in [0.25, 0.3) is 0 Å². The summed E-state index contributed by atoms with van der Waals surface area (Å²) in [6.07, 6.45) is 4.33. The number of nitrogens with zero attached hydrogens (tertiary/aromatic N) is 1. The fraction of sp³-hybridized carbons (Fsp3) is 0.500. The summed E-state index contributed by atoms with van der Waals surface area (Å²) in [5, 5.41) is 13.0. The highest BCUT2D eigenvalue weighted by atomic mass is 79.9. The van der Waals surface area contributed by atoms with Gasteiger partial charge in [-0.25, -0.2) is 0 Å². The predicted octanol–water partition coefficient (Wildman–Crippen LogP) is 4.33. The molecule has 2 unspecified atom stereocenters. The molecule has 90 valence electrons. The smallest absolute Gasteiger partial charge is 0.128 e. The minimum atomic E-state index is -0.359. The Labute approximate surface area is 111 Å². The van der Waals surface area contributed by atoms with E-state index in [0.29, 0.717) is 5.92 Å². The first-order valence-corrected chi connectivity index (χ1v) is 6.94. The Morgan fingerprint density at radius 1 is 1.47 bits per heavy atom. The quantitative estimate of drug-likeness (QED) is 0.900. The van der Waals surface area contributed by atoms with Crippen LogP contribution >= 0.6 is 15.9 Å². The van der Waals surface area contributed by atoms with Crippen LogP contribution < -0.4 is 5.32 Å². The second-order valence-corrected chi connectivity index (χ2v) is 5.63. The zero-order valence-corrected chi connectivity index (χ0v) is 11.6. The van der Waals surface area contributed by atoms with E-state index in [2.05, 4.69) is 34.2 Å². The summed E-state index contributed by atoms with van der Waals surface area (Å²) >= 11 is 3.42. The van der Waals surface area contributed by atoms with Crippen LogP contribution in [0.1, 0.15) is 32.6 Å². The van der Waals surface area contributed by atoms with Crippen LogP contribution in [0.15, 0.2) is 28.7 Å². The fourth-order valence-corrected chi connectivity index (χ4v) is 3.03. The average Bonchev–Trinajstić information content (AvgIpc) is 2.75. The third-order valence-electron chi connectivity index (χ3n) is 3.72. The van der Waals surface area contributed by atoms with Gasteiger partial charge >= 0.3 is 0 Å². The van der Waals surface area contributed by atoms with Crippen LogP contribution in [0.25, 0.3) is 0 Å². The molecule has 2 atom stereocenters. The van der Waals surface area contributed by atoms with Gasteiger partial charge in [0.05, 0.1) is 6.07 Å². The number of benzene rings is 1. The SMILES string of the molecule is CCC1CCCC1(C#N)Nc1ccc(Br)cc1. The first-order chi connectivity index (χ1) is 8.20. The summed E-state index contributed by atoms with van der Waals surface area (Å²) in [5.74, 6) is 0.469. The molecular weight excluding hydrogens is 276 g/mol. The van der Waals surface area contributed by atoms with Gasteiger partial charge in [0.2, 0.25) is 0 Å². The first kappa shape index (κ1) is 12.4. The Kier molecular flexibility index (Phi) is 3.73. The van der Waals surface area contributed by atoms with Crippen LogP contribution in [-0.4, -0.2) is 5.54 Å². The van der Waals surface area contributed by atoms with E-state index in [1.165, 1.54) is 0 Å². The summed E-state index contributed by atoms with van der Waals surface area (Å²) in [6.45, 7) is 2.17. The van der Waals surface area contributed by atoms with Crippen molar-refractivity contribution in [2.75, 3.05) is 5.32 Å². The van der Waals surface area contributed by atoms with Gasteiger partial charge in [0, 0.05) is 10.2 Å². The van der Waals surface area contributed by atoms with E-state index in [4.69, 9.17) is 0 Å². The summed E-state index contributed by atoms with van der Waals surface area (Å²) < 4.78 is 1.06. The minimum Gasteiger partial charge on any atom is -0.367 e. The van der Waals surface area contributed by atoms with E-state index in [9.17, 15) is 5.26 Å². The molecule has 0 aromatic heterocycles. The molecule has 0 heterocycles. The summed E-state index contributed by atoms with van der Waals surface area (Å²) in [4.78, 5) is 0. The molecule has 1 aromatic rings. The van der Waals surface area contributed by atoms with E-state index in [1.807, 2.05) is 24.3 Å². The van der Waals surface area contributed by atoms with Gasteiger partial charge in [0.15, 0.2) is 0 Å². The molecule has 3 heteroatoms. The van der Waals surface area contributed by atoms with E-state index >= 15 is 0 Å². The van der Waals surface area contributed by atoms with Crippen LogP contribution in [0.4, 0.5) is 5.69 Å². The molecule has 1 saturated carbocycles. The van der Waals surface area contributed by atoms with Crippen molar-refractivity contribution in [3.05, 3.63) is 28.7 Å². The molecule has 1 aromatic carbocycles. The molecule has 2 nitrogen and oxygen atoms in total. The van der Waals surface area contributed by atoms with Crippen molar-refractivity contribution in [3.8, 4) is 6.07 Å². The predicted molar refractivity (Wildman–Crippen MR) is 73.7 cm³/mol. The number of rotatable bonds is 3. The Morgan fingerprint density at radius 2 is 2.18 bits per heavy atom. The lowest BCUT2D eigenvalue weighted by Crippen LogP contribution is -2.40. The number of anilines is 1. The fourth-order valence-electron chi connectivity index (χ4n) is 2.76. The maximum atomic E-state index is 9.51. The Morgan fingerprint density at radius 3 is 2.76 bits per heavy atom. The third-order valence-corrected chi connectivity index (χ3v) is 4.25. The lowest BCUT2D eigenvalue weighted by atomic mass is 9.86. The Hall–Kier alpha value is -1.01. The molecular formula is C14H17BrN2. The van der Waals surface area contributed by atoms with Crippen molar-refractivity contribution < 1.29 is 0 Å². The highest BCUT2D eigenvalue weighted by molar-refractivity contribution is 9.10. The summed E-state index contributed by atoms with van der Waals surface area (Å²) in [7, 11) is 0. The molecule has 1 fully saturated rings. The highest BCUT2D eigenvalue weighted by Crippen LogP contribution is 2.39. The van der Waals surface area contributed by atoms with Crippen LogP contribution in [0, 0.1) is 17.2 Å². The maximum absolute atomic E-state index is 9.51. The van der Waals surface area contributed by atoms with Crippen molar-refractivity contribution in [2.24, 2.45) is 5.92 Å². The van der Waals surface area contributed by atoms with Gasteiger partial charge < -0.3 is 5.32 Å². The molecule has 1 aliphatic rings. The average molecular weight is 293 g/mol. The van der Waals surface area contributed by atoms with Gasteiger partial charge in [-0.15, -0.1) is 0 Å². The van der Waals surface area contributed by atoms with Gasteiger partial charge in [-0.3, -0.25) is 0 Å². The largest absolute Gasteiger partial charge is 0.367 e. The van der Waals surface area contributed by atoms with Crippen LogP contribution in [0.2, 0.25) is 0 Å². The van der Waals surface area contributed by atoms with Crippen LogP contribution in [0.5, 0.6) is 0 Å². The molecule has 2 rings (SSSR count). The van der Waals surface area contributed by atoms with Crippen molar-refractivity contribution in [1.29, 1.82) is 5.26 Å². The molecule has 0 spiro atoms. The lowest BCUT2D eigenvalue weighted by Gasteiger charge is -2.30. The molecule has 0 bridgehead atoms. The van der Waals surface area contributed by atoms with Crippen molar-refractivity contribution in [3.63, 3.8) is 0 Å². The molecule has 0 amide bonds. The minimum absolute atomic E-state index is 0.359. The number of hydrogen-bond donors (Lipinski definition) is 1. The molecule has 0 saturated heterocycles. The van der Waals surface area contributed by atoms with Crippen molar-refractivity contribution in [1.82, 2.24) is 0 Å². The van der Waals surface area contributed by atoms with Crippen molar-refractivity contribution >= 4 is 21.6 Å². The van der Waals surface area contributed by atoms with Crippen LogP contribution in [0.3, 0.4) is 0 Å². The Bertz CT molecular complexity index is 421. The molecule has 0 aliphatic heterocycles. The summed E-state index contributed by atoms with van der Waals surface area (Å²) in [5.41, 5.74) is 0.679.